The van der Waals surface area contributed by atoms with Crippen LogP contribution in [0.15, 0.2) is 29.2 Å². The molecule has 0 spiro atoms. The lowest BCUT2D eigenvalue weighted by molar-refractivity contribution is 0.227. The second-order valence-corrected chi connectivity index (χ2v) is 8.18. The standard InChI is InChI=1S/C15H27N3O2S/c1-12(17-10-15(2,3)11-18(4)5)13-6-8-14(9-7-13)21(16,19)20/h6-9,12,17H,10-11H2,1-5H3,(H2,16,19,20). The van der Waals surface area contributed by atoms with Crippen molar-refractivity contribution in [2.75, 3.05) is 27.2 Å². The molecule has 120 valence electrons. The van der Waals surface area contributed by atoms with Crippen molar-refractivity contribution in [3.05, 3.63) is 29.8 Å². The van der Waals surface area contributed by atoms with Crippen LogP contribution in [0.5, 0.6) is 0 Å². The summed E-state index contributed by atoms with van der Waals surface area (Å²) in [5.74, 6) is 0. The summed E-state index contributed by atoms with van der Waals surface area (Å²) in [6.45, 7) is 8.38. The Bertz CT molecular complexity index is 551. The van der Waals surface area contributed by atoms with Gasteiger partial charge in [-0.25, -0.2) is 13.6 Å². The molecule has 0 heterocycles. The molecular weight excluding hydrogens is 286 g/mol. The molecule has 0 fully saturated rings. The van der Waals surface area contributed by atoms with Gasteiger partial charge < -0.3 is 10.2 Å². The minimum atomic E-state index is -3.62. The molecule has 0 aliphatic carbocycles. The van der Waals surface area contributed by atoms with Crippen molar-refractivity contribution in [1.82, 2.24) is 10.2 Å². The molecule has 6 heteroatoms. The highest BCUT2D eigenvalue weighted by Crippen LogP contribution is 2.19. The van der Waals surface area contributed by atoms with Crippen LogP contribution in [0.4, 0.5) is 0 Å². The zero-order chi connectivity index (χ0) is 16.3. The first-order chi connectivity index (χ1) is 9.51. The maximum absolute atomic E-state index is 11.2. The van der Waals surface area contributed by atoms with Crippen molar-refractivity contribution in [1.29, 1.82) is 0 Å². The Hall–Kier alpha value is -0.950. The Morgan fingerprint density at radius 3 is 2.19 bits per heavy atom. The largest absolute Gasteiger partial charge is 0.310 e. The third kappa shape index (κ3) is 6.13. The van der Waals surface area contributed by atoms with Crippen LogP contribution in [0.2, 0.25) is 0 Å². The number of sulfonamides is 1. The Labute approximate surface area is 128 Å². The van der Waals surface area contributed by atoms with E-state index in [1.165, 1.54) is 0 Å². The fraction of sp³-hybridized carbons (Fsp3) is 0.600. The number of rotatable bonds is 7. The van der Waals surface area contributed by atoms with E-state index in [1.807, 2.05) is 0 Å². The van der Waals surface area contributed by atoms with Crippen molar-refractivity contribution in [3.63, 3.8) is 0 Å². The Morgan fingerprint density at radius 1 is 1.24 bits per heavy atom. The van der Waals surface area contributed by atoms with Crippen molar-refractivity contribution in [3.8, 4) is 0 Å². The molecule has 1 unspecified atom stereocenters. The fourth-order valence-electron chi connectivity index (χ4n) is 2.41. The molecule has 0 aromatic heterocycles. The lowest BCUT2D eigenvalue weighted by Gasteiger charge is -2.30. The molecule has 0 radical (unpaired) electrons. The molecule has 21 heavy (non-hydrogen) atoms. The number of nitrogens with one attached hydrogen (secondary N) is 1. The van der Waals surface area contributed by atoms with E-state index in [2.05, 4.69) is 45.1 Å². The second kappa shape index (κ2) is 6.87. The average molecular weight is 313 g/mol. The van der Waals surface area contributed by atoms with E-state index in [9.17, 15) is 8.42 Å². The number of hydrogen-bond acceptors (Lipinski definition) is 4. The van der Waals surface area contributed by atoms with Crippen LogP contribution in [0.3, 0.4) is 0 Å². The van der Waals surface area contributed by atoms with Gasteiger partial charge in [-0.3, -0.25) is 0 Å². The molecule has 0 aliphatic rings. The van der Waals surface area contributed by atoms with Crippen LogP contribution in [0, 0.1) is 5.41 Å². The molecule has 0 amide bonds. The Balaban J connectivity index is 2.66. The molecule has 0 saturated carbocycles. The van der Waals surface area contributed by atoms with E-state index in [-0.39, 0.29) is 16.4 Å². The van der Waals surface area contributed by atoms with E-state index in [0.717, 1.165) is 18.7 Å². The summed E-state index contributed by atoms with van der Waals surface area (Å²) in [4.78, 5) is 2.32. The van der Waals surface area contributed by atoms with Crippen LogP contribution >= 0.6 is 0 Å². The van der Waals surface area contributed by atoms with Gasteiger partial charge in [0.25, 0.3) is 0 Å². The fourth-order valence-corrected chi connectivity index (χ4v) is 2.92. The number of primary sulfonamides is 1. The van der Waals surface area contributed by atoms with Crippen LogP contribution < -0.4 is 10.5 Å². The van der Waals surface area contributed by atoms with Crippen molar-refractivity contribution in [2.24, 2.45) is 10.6 Å². The molecule has 1 rings (SSSR count). The van der Waals surface area contributed by atoms with E-state index >= 15 is 0 Å². The van der Waals surface area contributed by atoms with Crippen molar-refractivity contribution < 1.29 is 8.42 Å². The van der Waals surface area contributed by atoms with Gasteiger partial charge in [0.05, 0.1) is 4.90 Å². The maximum atomic E-state index is 11.2. The van der Waals surface area contributed by atoms with Crippen LogP contribution in [0.25, 0.3) is 0 Å². The topological polar surface area (TPSA) is 75.4 Å². The predicted molar refractivity (Wildman–Crippen MR) is 86.6 cm³/mol. The maximum Gasteiger partial charge on any atom is 0.238 e. The molecule has 1 aromatic carbocycles. The zero-order valence-electron chi connectivity index (χ0n) is 13.6. The van der Waals surface area contributed by atoms with E-state index < -0.39 is 10.0 Å². The van der Waals surface area contributed by atoms with Gasteiger partial charge in [0.15, 0.2) is 0 Å². The predicted octanol–water partition coefficient (Wildman–Crippen LogP) is 1.57. The average Bonchev–Trinajstić information content (AvgIpc) is 2.33. The van der Waals surface area contributed by atoms with Crippen LogP contribution in [-0.2, 0) is 10.0 Å². The van der Waals surface area contributed by atoms with Crippen molar-refractivity contribution in [2.45, 2.75) is 31.7 Å². The van der Waals surface area contributed by atoms with E-state index in [1.54, 1.807) is 24.3 Å². The summed E-state index contributed by atoms with van der Waals surface area (Å²) < 4.78 is 22.5. The highest BCUT2D eigenvalue weighted by molar-refractivity contribution is 7.89. The summed E-state index contributed by atoms with van der Waals surface area (Å²) in [7, 11) is 0.513. The van der Waals surface area contributed by atoms with Gasteiger partial charge >= 0.3 is 0 Å². The normalized spacial score (nSPS) is 14.4. The number of benzene rings is 1. The molecule has 5 nitrogen and oxygen atoms in total. The van der Waals surface area contributed by atoms with Gasteiger partial charge in [-0.15, -0.1) is 0 Å². The second-order valence-electron chi connectivity index (χ2n) is 6.62. The lowest BCUT2D eigenvalue weighted by Crippen LogP contribution is -2.38. The summed E-state index contributed by atoms with van der Waals surface area (Å²) in [5, 5.41) is 8.59. The summed E-state index contributed by atoms with van der Waals surface area (Å²) in [5.41, 5.74) is 1.21. The van der Waals surface area contributed by atoms with Gasteiger partial charge in [-0.2, -0.15) is 0 Å². The van der Waals surface area contributed by atoms with E-state index in [0.29, 0.717) is 0 Å². The van der Waals surface area contributed by atoms with E-state index in [4.69, 9.17) is 5.14 Å². The number of nitrogens with zero attached hydrogens (tertiary/aromatic N) is 1. The first-order valence-corrected chi connectivity index (χ1v) is 8.57. The molecule has 0 aliphatic heterocycles. The summed E-state index contributed by atoms with van der Waals surface area (Å²) in [6.07, 6.45) is 0. The monoisotopic (exact) mass is 313 g/mol. The molecule has 1 aromatic rings. The highest BCUT2D eigenvalue weighted by atomic mass is 32.2. The highest BCUT2D eigenvalue weighted by Gasteiger charge is 2.20. The third-order valence-corrected chi connectivity index (χ3v) is 4.27. The first-order valence-electron chi connectivity index (χ1n) is 7.02. The molecule has 1 atom stereocenters. The lowest BCUT2D eigenvalue weighted by atomic mass is 9.92. The first kappa shape index (κ1) is 18.1. The molecule has 3 N–H and O–H groups in total. The summed E-state index contributed by atoms with van der Waals surface area (Å²) >= 11 is 0. The van der Waals surface area contributed by atoms with Crippen LogP contribution in [0.1, 0.15) is 32.4 Å². The molecular formula is C15H27N3O2S. The minimum absolute atomic E-state index is 0.145. The van der Waals surface area contributed by atoms with Crippen LogP contribution in [-0.4, -0.2) is 40.5 Å². The number of nitrogens with two attached hydrogens (primary N) is 1. The molecule has 0 bridgehead atoms. The zero-order valence-corrected chi connectivity index (χ0v) is 14.4. The van der Waals surface area contributed by atoms with Gasteiger partial charge in [-0.05, 0) is 44.1 Å². The minimum Gasteiger partial charge on any atom is -0.310 e. The van der Waals surface area contributed by atoms with Gasteiger partial charge in [0.2, 0.25) is 10.0 Å². The van der Waals surface area contributed by atoms with Gasteiger partial charge in [0, 0.05) is 19.1 Å². The summed E-state index contributed by atoms with van der Waals surface area (Å²) in [6, 6.07) is 6.86. The molecule has 0 saturated heterocycles. The SMILES string of the molecule is CC(NCC(C)(C)CN(C)C)c1ccc(S(N)(=O)=O)cc1. The third-order valence-electron chi connectivity index (χ3n) is 3.34. The quantitative estimate of drug-likeness (QED) is 0.801. The Morgan fingerprint density at radius 2 is 1.76 bits per heavy atom. The van der Waals surface area contributed by atoms with Gasteiger partial charge in [-0.1, -0.05) is 26.0 Å². The number of hydrogen-bond donors (Lipinski definition) is 2. The smallest absolute Gasteiger partial charge is 0.238 e. The Kier molecular flexibility index (Phi) is 5.92. The van der Waals surface area contributed by atoms with Crippen molar-refractivity contribution >= 4 is 10.0 Å². The van der Waals surface area contributed by atoms with Gasteiger partial charge in [0.1, 0.15) is 0 Å².